The molecule has 3 atom stereocenters. The maximum absolute atomic E-state index is 12.1. The molecule has 10 nitrogen and oxygen atoms in total. The molecule has 2 aliphatic rings. The van der Waals surface area contributed by atoms with Gasteiger partial charge in [0, 0.05) is 56.5 Å². The van der Waals surface area contributed by atoms with Crippen molar-refractivity contribution in [2.45, 2.75) is 44.7 Å². The van der Waals surface area contributed by atoms with Crippen molar-refractivity contribution in [3.05, 3.63) is 62.4 Å². The first kappa shape index (κ1) is 24.6. The molecular formula is C24H34N4O6. The van der Waals surface area contributed by atoms with Crippen LogP contribution in [0.25, 0.3) is 0 Å². The second-order valence-corrected chi connectivity index (χ2v) is 8.81. The lowest BCUT2D eigenvalue weighted by Crippen LogP contribution is -2.37. The molecule has 0 unspecified atom stereocenters. The number of hydrogen-bond donors (Lipinski definition) is 3. The minimum atomic E-state index is -0.719. The van der Waals surface area contributed by atoms with Gasteiger partial charge in [-0.2, -0.15) is 0 Å². The van der Waals surface area contributed by atoms with Crippen molar-refractivity contribution in [2.75, 3.05) is 46.0 Å². The summed E-state index contributed by atoms with van der Waals surface area (Å²) in [5, 5.41) is 13.8. The molecule has 3 heterocycles. The van der Waals surface area contributed by atoms with Crippen LogP contribution in [0.5, 0.6) is 5.75 Å². The van der Waals surface area contributed by atoms with E-state index in [1.54, 1.807) is 6.92 Å². The van der Waals surface area contributed by atoms with Gasteiger partial charge in [-0.1, -0.05) is 18.2 Å². The van der Waals surface area contributed by atoms with E-state index in [9.17, 15) is 14.7 Å². The van der Waals surface area contributed by atoms with E-state index >= 15 is 0 Å². The van der Waals surface area contributed by atoms with Crippen LogP contribution in [-0.4, -0.2) is 77.8 Å². The predicted octanol–water partition coefficient (Wildman–Crippen LogP) is 0.384. The summed E-state index contributed by atoms with van der Waals surface area (Å²) in [7, 11) is 0. The lowest BCUT2D eigenvalue weighted by Gasteiger charge is -2.26. The third kappa shape index (κ3) is 6.34. The third-order valence-electron chi connectivity index (χ3n) is 6.27. The number of hydrogen-bond acceptors (Lipinski definition) is 8. The largest absolute Gasteiger partial charge is 0.493 e. The zero-order valence-corrected chi connectivity index (χ0v) is 19.6. The Kier molecular flexibility index (Phi) is 8.52. The van der Waals surface area contributed by atoms with Gasteiger partial charge in [-0.3, -0.25) is 19.2 Å². The fourth-order valence-electron chi connectivity index (χ4n) is 4.30. The molecule has 2 fully saturated rings. The quantitative estimate of drug-likeness (QED) is 0.423. The maximum Gasteiger partial charge on any atom is 0.330 e. The zero-order chi connectivity index (χ0) is 23.9. The number of aryl methyl sites for hydroxylation is 1. The SMILES string of the molecule is Cc1cn([C@H]2C[C@H](O)[C@@H](CNCc3ccccc3OCCCN3CCOCC3)O2)c(=O)[nH]c1=O. The molecule has 1 aromatic carbocycles. The van der Waals surface area contributed by atoms with Gasteiger partial charge in [0.05, 0.1) is 32.0 Å². The van der Waals surface area contributed by atoms with E-state index in [1.165, 1.54) is 10.8 Å². The Morgan fingerprint density at radius 3 is 2.85 bits per heavy atom. The van der Waals surface area contributed by atoms with Crippen molar-refractivity contribution in [1.82, 2.24) is 19.8 Å². The molecule has 1 aromatic heterocycles. The molecule has 0 spiro atoms. The third-order valence-corrected chi connectivity index (χ3v) is 6.27. The molecule has 4 rings (SSSR count). The lowest BCUT2D eigenvalue weighted by atomic mass is 10.1. The van der Waals surface area contributed by atoms with Crippen LogP contribution in [0.15, 0.2) is 40.1 Å². The number of rotatable bonds is 10. The van der Waals surface area contributed by atoms with Crippen LogP contribution >= 0.6 is 0 Å². The van der Waals surface area contributed by atoms with Crippen molar-refractivity contribution in [3.63, 3.8) is 0 Å². The van der Waals surface area contributed by atoms with Gasteiger partial charge in [-0.15, -0.1) is 0 Å². The minimum absolute atomic E-state index is 0.278. The molecule has 0 radical (unpaired) electrons. The number of aromatic nitrogens is 2. The van der Waals surface area contributed by atoms with E-state index < -0.39 is 29.7 Å². The summed E-state index contributed by atoms with van der Waals surface area (Å²) in [6.07, 6.45) is 0.900. The first-order chi connectivity index (χ1) is 16.5. The normalized spacial score (nSPS) is 23.3. The molecule has 2 aliphatic heterocycles. The number of para-hydroxylation sites is 1. The number of aliphatic hydroxyl groups excluding tert-OH is 1. The van der Waals surface area contributed by atoms with Crippen LogP contribution < -0.4 is 21.3 Å². The van der Waals surface area contributed by atoms with E-state index in [2.05, 4.69) is 15.2 Å². The lowest BCUT2D eigenvalue weighted by molar-refractivity contribution is -0.0194. The number of H-pyrrole nitrogens is 1. The summed E-state index contributed by atoms with van der Waals surface area (Å²) >= 11 is 0. The van der Waals surface area contributed by atoms with Crippen LogP contribution in [0.4, 0.5) is 0 Å². The van der Waals surface area contributed by atoms with Crippen LogP contribution in [0, 0.1) is 6.92 Å². The molecule has 0 aliphatic carbocycles. The van der Waals surface area contributed by atoms with E-state index in [-0.39, 0.29) is 6.42 Å². The highest BCUT2D eigenvalue weighted by molar-refractivity contribution is 5.33. The first-order valence-corrected chi connectivity index (χ1v) is 11.9. The van der Waals surface area contributed by atoms with Crippen LogP contribution in [0.2, 0.25) is 0 Å². The average Bonchev–Trinajstić information content (AvgIpc) is 3.20. The maximum atomic E-state index is 12.1. The van der Waals surface area contributed by atoms with Gasteiger partial charge in [0.15, 0.2) is 0 Å². The highest BCUT2D eigenvalue weighted by atomic mass is 16.5. The topological polar surface area (TPSA) is 118 Å². The Morgan fingerprint density at radius 1 is 1.24 bits per heavy atom. The van der Waals surface area contributed by atoms with E-state index in [4.69, 9.17) is 14.2 Å². The minimum Gasteiger partial charge on any atom is -0.493 e. The summed E-state index contributed by atoms with van der Waals surface area (Å²) in [5.74, 6) is 0.845. The average molecular weight is 475 g/mol. The van der Waals surface area contributed by atoms with Gasteiger partial charge in [-0.25, -0.2) is 4.79 Å². The fourth-order valence-corrected chi connectivity index (χ4v) is 4.30. The fraction of sp³-hybridized carbons (Fsp3) is 0.583. The van der Waals surface area contributed by atoms with Crippen molar-refractivity contribution in [3.8, 4) is 5.75 Å². The van der Waals surface area contributed by atoms with Crippen LogP contribution in [-0.2, 0) is 16.0 Å². The molecule has 0 amide bonds. The predicted molar refractivity (Wildman–Crippen MR) is 126 cm³/mol. The summed E-state index contributed by atoms with van der Waals surface area (Å²) in [6, 6.07) is 7.91. The summed E-state index contributed by atoms with van der Waals surface area (Å²) in [5.41, 5.74) is 0.493. The molecule has 2 aromatic rings. The Morgan fingerprint density at radius 2 is 2.03 bits per heavy atom. The molecule has 10 heteroatoms. The van der Waals surface area contributed by atoms with Crippen molar-refractivity contribution in [2.24, 2.45) is 0 Å². The highest BCUT2D eigenvalue weighted by Gasteiger charge is 2.35. The number of morpholine rings is 1. The molecule has 186 valence electrons. The van der Waals surface area contributed by atoms with E-state index in [1.807, 2.05) is 24.3 Å². The zero-order valence-electron chi connectivity index (χ0n) is 19.6. The smallest absolute Gasteiger partial charge is 0.330 e. The van der Waals surface area contributed by atoms with Crippen molar-refractivity contribution >= 4 is 0 Å². The van der Waals surface area contributed by atoms with Gasteiger partial charge in [0.1, 0.15) is 12.0 Å². The second-order valence-electron chi connectivity index (χ2n) is 8.81. The standard InChI is InChI=1S/C24H34N4O6/c1-17-16-28(24(31)26-23(17)30)22-13-19(29)21(34-22)15-25-14-18-5-2-3-6-20(18)33-10-4-7-27-8-11-32-12-9-27/h2-3,5-6,16,19,21-22,25,29H,4,7-15H2,1H3,(H,26,30,31)/t19-,21+,22+/m0/s1. The highest BCUT2D eigenvalue weighted by Crippen LogP contribution is 2.27. The monoisotopic (exact) mass is 474 g/mol. The van der Waals surface area contributed by atoms with Gasteiger partial charge in [0.2, 0.25) is 0 Å². The summed E-state index contributed by atoms with van der Waals surface area (Å²) in [4.78, 5) is 28.4. The van der Waals surface area contributed by atoms with E-state index in [0.29, 0.717) is 25.3 Å². The van der Waals surface area contributed by atoms with Crippen molar-refractivity contribution in [1.29, 1.82) is 0 Å². The number of aliphatic hydroxyl groups is 1. The molecule has 2 saturated heterocycles. The van der Waals surface area contributed by atoms with E-state index in [0.717, 1.165) is 50.6 Å². The van der Waals surface area contributed by atoms with Gasteiger partial charge in [-0.05, 0) is 19.4 Å². The van der Waals surface area contributed by atoms with Gasteiger partial charge in [0.25, 0.3) is 5.56 Å². The first-order valence-electron chi connectivity index (χ1n) is 11.9. The van der Waals surface area contributed by atoms with Crippen LogP contribution in [0.3, 0.4) is 0 Å². The van der Waals surface area contributed by atoms with Crippen LogP contribution in [0.1, 0.15) is 30.2 Å². The Labute approximate surface area is 198 Å². The Balaban J connectivity index is 1.24. The molecule has 0 saturated carbocycles. The molecular weight excluding hydrogens is 440 g/mol. The second kappa shape index (κ2) is 11.8. The molecule has 3 N–H and O–H groups in total. The Hall–Kier alpha value is -2.50. The van der Waals surface area contributed by atoms with Crippen molar-refractivity contribution < 1.29 is 19.3 Å². The van der Waals surface area contributed by atoms with Gasteiger partial charge >= 0.3 is 5.69 Å². The Bertz CT molecular complexity index is 1050. The van der Waals surface area contributed by atoms with Gasteiger partial charge < -0.3 is 24.6 Å². The molecule has 0 bridgehead atoms. The molecule has 34 heavy (non-hydrogen) atoms. The number of aromatic amines is 1. The number of nitrogens with one attached hydrogen (secondary N) is 2. The number of ether oxygens (including phenoxy) is 3. The number of benzene rings is 1. The summed E-state index contributed by atoms with van der Waals surface area (Å²) < 4.78 is 18.7. The summed E-state index contributed by atoms with van der Waals surface area (Å²) in [6.45, 7) is 7.82. The number of nitrogens with zero attached hydrogens (tertiary/aromatic N) is 2.